The van der Waals surface area contributed by atoms with E-state index in [-0.39, 0.29) is 12.6 Å². The summed E-state index contributed by atoms with van der Waals surface area (Å²) >= 11 is 11.8. The Labute approximate surface area is 99.2 Å². The fourth-order valence-corrected chi connectivity index (χ4v) is 1.99. The van der Waals surface area contributed by atoms with E-state index in [0.717, 1.165) is 5.56 Å². The maximum absolute atomic E-state index is 9.01. The molecule has 2 atom stereocenters. The van der Waals surface area contributed by atoms with Crippen LogP contribution in [0.2, 0.25) is 10.0 Å². The molecule has 84 valence electrons. The Morgan fingerprint density at radius 3 is 2.60 bits per heavy atom. The van der Waals surface area contributed by atoms with Gasteiger partial charge < -0.3 is 16.2 Å². The van der Waals surface area contributed by atoms with Crippen molar-refractivity contribution in [2.24, 2.45) is 5.73 Å². The van der Waals surface area contributed by atoms with Gasteiger partial charge in [0.15, 0.2) is 0 Å². The number of halogens is 2. The van der Waals surface area contributed by atoms with Crippen molar-refractivity contribution < 1.29 is 5.11 Å². The van der Waals surface area contributed by atoms with E-state index >= 15 is 0 Å². The van der Waals surface area contributed by atoms with Crippen LogP contribution in [-0.4, -0.2) is 24.8 Å². The predicted octanol–water partition coefficient (Wildman–Crippen LogP) is 1.57. The zero-order valence-electron chi connectivity index (χ0n) is 8.37. The predicted molar refractivity (Wildman–Crippen MR) is 63.3 cm³/mol. The molecule has 0 aromatic heterocycles. The Bertz CT molecular complexity index is 333. The van der Waals surface area contributed by atoms with Gasteiger partial charge in [-0.05, 0) is 24.7 Å². The van der Waals surface area contributed by atoms with E-state index in [1.807, 2.05) is 0 Å². The third kappa shape index (κ3) is 3.06. The van der Waals surface area contributed by atoms with Gasteiger partial charge in [0.2, 0.25) is 0 Å². The molecule has 1 aromatic rings. The highest BCUT2D eigenvalue weighted by atomic mass is 35.5. The minimum atomic E-state index is -0.395. The minimum Gasteiger partial charge on any atom is -0.395 e. The van der Waals surface area contributed by atoms with Gasteiger partial charge in [0.25, 0.3) is 0 Å². The summed E-state index contributed by atoms with van der Waals surface area (Å²) in [5.41, 5.74) is 6.60. The summed E-state index contributed by atoms with van der Waals surface area (Å²) < 4.78 is 0. The van der Waals surface area contributed by atoms with Crippen LogP contribution in [-0.2, 0) is 0 Å². The Balaban J connectivity index is 3.01. The lowest BCUT2D eigenvalue weighted by Crippen LogP contribution is -2.39. The number of aliphatic hydroxyl groups excluding tert-OH is 1. The first-order valence-corrected chi connectivity index (χ1v) is 5.34. The zero-order valence-corrected chi connectivity index (χ0v) is 9.89. The summed E-state index contributed by atoms with van der Waals surface area (Å²) in [6.45, 7) is -0.107. The van der Waals surface area contributed by atoms with Crippen molar-refractivity contribution in [1.29, 1.82) is 0 Å². The number of hydrogen-bond donors (Lipinski definition) is 3. The fourth-order valence-electron chi connectivity index (χ4n) is 1.46. The maximum Gasteiger partial charge on any atom is 0.0601 e. The van der Waals surface area contributed by atoms with Crippen LogP contribution < -0.4 is 11.1 Å². The number of benzene rings is 1. The molecule has 5 heteroatoms. The molecule has 15 heavy (non-hydrogen) atoms. The standard InChI is InChI=1S/C10H14Cl2N2O/c1-14-10(9(13)5-15)7-3-2-6(11)4-8(7)12/h2-4,9-10,14-15H,5,13H2,1H3. The third-order valence-electron chi connectivity index (χ3n) is 2.25. The summed E-state index contributed by atoms with van der Waals surface area (Å²) in [7, 11) is 1.77. The van der Waals surface area contributed by atoms with Crippen LogP contribution in [0.3, 0.4) is 0 Å². The molecular formula is C10H14Cl2N2O. The third-order valence-corrected chi connectivity index (χ3v) is 2.81. The van der Waals surface area contributed by atoms with E-state index in [4.69, 9.17) is 34.0 Å². The Morgan fingerprint density at radius 1 is 1.47 bits per heavy atom. The number of nitrogens with two attached hydrogens (primary N) is 1. The molecule has 0 radical (unpaired) electrons. The van der Waals surface area contributed by atoms with E-state index in [2.05, 4.69) is 5.32 Å². The molecule has 0 aliphatic heterocycles. The first kappa shape index (κ1) is 12.7. The van der Waals surface area contributed by atoms with E-state index in [9.17, 15) is 0 Å². The monoisotopic (exact) mass is 248 g/mol. The topological polar surface area (TPSA) is 58.3 Å². The van der Waals surface area contributed by atoms with Crippen LogP contribution in [0, 0.1) is 0 Å². The first-order chi connectivity index (χ1) is 7.10. The van der Waals surface area contributed by atoms with Crippen molar-refractivity contribution in [3.63, 3.8) is 0 Å². The number of aliphatic hydroxyl groups is 1. The van der Waals surface area contributed by atoms with Crippen LogP contribution in [0.1, 0.15) is 11.6 Å². The number of likely N-dealkylation sites (N-methyl/N-ethyl adjacent to an activating group) is 1. The average molecular weight is 249 g/mol. The Hall–Kier alpha value is -0.320. The van der Waals surface area contributed by atoms with Crippen LogP contribution >= 0.6 is 23.2 Å². The molecule has 0 aliphatic carbocycles. The van der Waals surface area contributed by atoms with Crippen LogP contribution in [0.5, 0.6) is 0 Å². The molecule has 1 rings (SSSR count). The van der Waals surface area contributed by atoms with Crippen molar-refractivity contribution >= 4 is 23.2 Å². The lowest BCUT2D eigenvalue weighted by Gasteiger charge is -2.23. The van der Waals surface area contributed by atoms with Crippen molar-refractivity contribution in [3.05, 3.63) is 33.8 Å². The maximum atomic E-state index is 9.01. The van der Waals surface area contributed by atoms with Crippen molar-refractivity contribution in [3.8, 4) is 0 Å². The van der Waals surface area contributed by atoms with E-state index < -0.39 is 6.04 Å². The SMILES string of the molecule is CNC(c1ccc(Cl)cc1Cl)C(N)CO. The highest BCUT2D eigenvalue weighted by molar-refractivity contribution is 6.35. The van der Waals surface area contributed by atoms with Crippen LogP contribution in [0.4, 0.5) is 0 Å². The van der Waals surface area contributed by atoms with E-state index in [0.29, 0.717) is 10.0 Å². The molecule has 0 aliphatic rings. The highest BCUT2D eigenvalue weighted by Crippen LogP contribution is 2.27. The minimum absolute atomic E-state index is 0.107. The second kappa shape index (κ2) is 5.68. The van der Waals surface area contributed by atoms with Crippen molar-refractivity contribution in [2.45, 2.75) is 12.1 Å². The molecule has 4 N–H and O–H groups in total. The first-order valence-electron chi connectivity index (χ1n) is 4.58. The average Bonchev–Trinajstić information content (AvgIpc) is 2.21. The smallest absolute Gasteiger partial charge is 0.0601 e. The molecule has 0 saturated carbocycles. The number of rotatable bonds is 4. The van der Waals surface area contributed by atoms with Gasteiger partial charge in [-0.2, -0.15) is 0 Å². The Morgan fingerprint density at radius 2 is 2.13 bits per heavy atom. The summed E-state index contributed by atoms with van der Waals surface area (Å²) in [4.78, 5) is 0. The van der Waals surface area contributed by atoms with Gasteiger partial charge in [-0.15, -0.1) is 0 Å². The summed E-state index contributed by atoms with van der Waals surface area (Å²) in [5, 5.41) is 13.2. The summed E-state index contributed by atoms with van der Waals surface area (Å²) in [5.74, 6) is 0. The molecule has 1 aromatic carbocycles. The number of nitrogens with one attached hydrogen (secondary N) is 1. The summed E-state index contributed by atoms with van der Waals surface area (Å²) in [6.07, 6.45) is 0. The van der Waals surface area contributed by atoms with Crippen LogP contribution in [0.25, 0.3) is 0 Å². The summed E-state index contributed by atoms with van der Waals surface area (Å²) in [6, 6.07) is 4.64. The molecule has 0 fully saturated rings. The second-order valence-electron chi connectivity index (χ2n) is 3.28. The van der Waals surface area contributed by atoms with Gasteiger partial charge in [0, 0.05) is 16.1 Å². The van der Waals surface area contributed by atoms with Gasteiger partial charge in [0.05, 0.1) is 12.6 Å². The molecule has 2 unspecified atom stereocenters. The zero-order chi connectivity index (χ0) is 11.4. The van der Waals surface area contributed by atoms with Gasteiger partial charge in [-0.1, -0.05) is 29.3 Å². The van der Waals surface area contributed by atoms with Gasteiger partial charge in [-0.3, -0.25) is 0 Å². The van der Waals surface area contributed by atoms with Crippen molar-refractivity contribution in [2.75, 3.05) is 13.7 Å². The highest BCUT2D eigenvalue weighted by Gasteiger charge is 2.19. The van der Waals surface area contributed by atoms with Crippen molar-refractivity contribution in [1.82, 2.24) is 5.32 Å². The molecule has 3 nitrogen and oxygen atoms in total. The Kier molecular flexibility index (Phi) is 4.83. The van der Waals surface area contributed by atoms with Gasteiger partial charge in [0.1, 0.15) is 0 Å². The number of hydrogen-bond acceptors (Lipinski definition) is 3. The largest absolute Gasteiger partial charge is 0.395 e. The molecule has 0 bridgehead atoms. The molecular weight excluding hydrogens is 235 g/mol. The fraction of sp³-hybridized carbons (Fsp3) is 0.400. The van der Waals surface area contributed by atoms with Gasteiger partial charge >= 0.3 is 0 Å². The van der Waals surface area contributed by atoms with Crippen LogP contribution in [0.15, 0.2) is 18.2 Å². The quantitative estimate of drug-likeness (QED) is 0.759. The lowest BCUT2D eigenvalue weighted by atomic mass is 10.0. The lowest BCUT2D eigenvalue weighted by molar-refractivity contribution is 0.240. The van der Waals surface area contributed by atoms with E-state index in [1.54, 1.807) is 25.2 Å². The molecule has 0 heterocycles. The molecule has 0 amide bonds. The molecule has 0 spiro atoms. The van der Waals surface area contributed by atoms with E-state index in [1.165, 1.54) is 0 Å². The normalized spacial score (nSPS) is 15.0. The second-order valence-corrected chi connectivity index (χ2v) is 4.12. The van der Waals surface area contributed by atoms with Gasteiger partial charge in [-0.25, -0.2) is 0 Å². The molecule has 0 saturated heterocycles.